The fourth-order valence-corrected chi connectivity index (χ4v) is 3.66. The van der Waals surface area contributed by atoms with Crippen LogP contribution in [0.2, 0.25) is 0 Å². The Morgan fingerprint density at radius 3 is 2.97 bits per heavy atom. The van der Waals surface area contributed by atoms with Gasteiger partial charge in [-0.2, -0.15) is 5.10 Å². The predicted molar refractivity (Wildman–Crippen MR) is 108 cm³/mol. The van der Waals surface area contributed by atoms with E-state index in [4.69, 9.17) is 13.7 Å². The van der Waals surface area contributed by atoms with Crippen LogP contribution in [0.4, 0.5) is 5.69 Å². The SMILES string of the molecule is CCn1ncc2c(NC3CCOC(=O)C3)c(-c3nnc(Cc4cc(C)no4)o3)cnc21. The average Bonchev–Trinajstić information content (AvgIpc) is 3.48. The topological polar surface area (TPSA) is 134 Å². The molecule has 1 fully saturated rings. The van der Waals surface area contributed by atoms with Crippen LogP contribution >= 0.6 is 0 Å². The molecular weight excluding hydrogens is 402 g/mol. The molecule has 0 amide bonds. The van der Waals surface area contributed by atoms with Gasteiger partial charge in [0.1, 0.15) is 5.76 Å². The first-order valence-corrected chi connectivity index (χ1v) is 10.1. The summed E-state index contributed by atoms with van der Waals surface area (Å²) in [4.78, 5) is 16.3. The number of rotatable bonds is 6. The summed E-state index contributed by atoms with van der Waals surface area (Å²) in [6.07, 6.45) is 4.78. The summed E-state index contributed by atoms with van der Waals surface area (Å²) in [7, 11) is 0. The van der Waals surface area contributed by atoms with E-state index in [1.807, 2.05) is 24.6 Å². The van der Waals surface area contributed by atoms with E-state index < -0.39 is 0 Å². The Bertz CT molecular complexity index is 1240. The number of fused-ring (bicyclic) bond motifs is 1. The first-order valence-electron chi connectivity index (χ1n) is 10.1. The van der Waals surface area contributed by atoms with E-state index in [1.165, 1.54) is 0 Å². The van der Waals surface area contributed by atoms with Crippen LogP contribution < -0.4 is 5.32 Å². The van der Waals surface area contributed by atoms with Gasteiger partial charge >= 0.3 is 5.97 Å². The summed E-state index contributed by atoms with van der Waals surface area (Å²) in [5, 5.41) is 20.9. The normalized spacial score (nSPS) is 16.6. The molecule has 0 radical (unpaired) electrons. The van der Waals surface area contributed by atoms with Gasteiger partial charge in [0, 0.05) is 31.3 Å². The van der Waals surface area contributed by atoms with Gasteiger partial charge in [0.15, 0.2) is 5.65 Å². The summed E-state index contributed by atoms with van der Waals surface area (Å²) in [5.74, 6) is 1.15. The second-order valence-corrected chi connectivity index (χ2v) is 7.41. The summed E-state index contributed by atoms with van der Waals surface area (Å²) in [6, 6.07) is 1.75. The van der Waals surface area contributed by atoms with Crippen molar-refractivity contribution in [2.24, 2.45) is 0 Å². The number of cyclic esters (lactones) is 1. The Balaban J connectivity index is 1.52. The molecular formula is C20H21N7O4. The molecule has 1 saturated heterocycles. The van der Waals surface area contributed by atoms with Gasteiger partial charge in [-0.15, -0.1) is 10.2 Å². The number of nitrogens with one attached hydrogen (secondary N) is 1. The number of esters is 1. The van der Waals surface area contributed by atoms with E-state index in [1.54, 1.807) is 12.4 Å². The monoisotopic (exact) mass is 423 g/mol. The Labute approximate surface area is 176 Å². The van der Waals surface area contributed by atoms with Crippen LogP contribution in [0.15, 0.2) is 27.4 Å². The highest BCUT2D eigenvalue weighted by atomic mass is 16.5. The Morgan fingerprint density at radius 1 is 1.29 bits per heavy atom. The minimum absolute atomic E-state index is 0.0739. The van der Waals surface area contributed by atoms with Gasteiger partial charge in [0.25, 0.3) is 5.89 Å². The fourth-order valence-electron chi connectivity index (χ4n) is 3.66. The lowest BCUT2D eigenvalue weighted by Crippen LogP contribution is -2.31. The molecule has 31 heavy (non-hydrogen) atoms. The smallest absolute Gasteiger partial charge is 0.307 e. The maximum Gasteiger partial charge on any atom is 0.307 e. The van der Waals surface area contributed by atoms with E-state index >= 15 is 0 Å². The first kappa shape index (κ1) is 19.2. The molecule has 1 aliphatic heterocycles. The maximum atomic E-state index is 11.8. The van der Waals surface area contributed by atoms with Crippen molar-refractivity contribution in [3.63, 3.8) is 0 Å². The molecule has 0 bridgehead atoms. The molecule has 1 atom stereocenters. The molecule has 1 aliphatic rings. The molecule has 11 heteroatoms. The van der Waals surface area contributed by atoms with Crippen LogP contribution in [0, 0.1) is 6.92 Å². The third-order valence-corrected chi connectivity index (χ3v) is 5.16. The molecule has 5 heterocycles. The highest BCUT2D eigenvalue weighted by molar-refractivity contribution is 5.96. The van der Waals surface area contributed by atoms with Crippen molar-refractivity contribution in [3.8, 4) is 11.5 Å². The standard InChI is InChI=1S/C20H21N7O4/c1-3-27-19-14(10-22-27)18(23-12-4-5-29-17(28)7-12)15(9-21-19)20-25-24-16(30-20)8-13-6-11(2)26-31-13/h6,9-10,12H,3-5,7-8H2,1-2H3,(H,21,23). The summed E-state index contributed by atoms with van der Waals surface area (Å²) in [6.45, 7) is 4.92. The van der Waals surface area contributed by atoms with Crippen molar-refractivity contribution < 1.29 is 18.5 Å². The summed E-state index contributed by atoms with van der Waals surface area (Å²) < 4.78 is 18.0. The van der Waals surface area contributed by atoms with Gasteiger partial charge in [-0.05, 0) is 13.8 Å². The van der Waals surface area contributed by atoms with E-state index in [-0.39, 0.29) is 18.4 Å². The molecule has 11 nitrogen and oxygen atoms in total. The number of carbonyl (C=O) groups is 1. The number of hydrogen-bond acceptors (Lipinski definition) is 10. The van der Waals surface area contributed by atoms with Gasteiger partial charge in [-0.3, -0.25) is 4.79 Å². The molecule has 0 aromatic carbocycles. The zero-order valence-corrected chi connectivity index (χ0v) is 17.2. The molecule has 4 aromatic heterocycles. The van der Waals surface area contributed by atoms with E-state index in [2.05, 4.69) is 30.8 Å². The molecule has 0 saturated carbocycles. The van der Waals surface area contributed by atoms with Gasteiger partial charge in [-0.1, -0.05) is 5.16 Å². The number of anilines is 1. The molecule has 0 aliphatic carbocycles. The Kier molecular flexibility index (Phi) is 4.85. The van der Waals surface area contributed by atoms with Crippen LogP contribution in [0.25, 0.3) is 22.5 Å². The Morgan fingerprint density at radius 2 is 2.19 bits per heavy atom. The van der Waals surface area contributed by atoms with Crippen molar-refractivity contribution in [2.45, 2.75) is 45.7 Å². The molecule has 1 unspecified atom stereocenters. The van der Waals surface area contributed by atoms with Crippen molar-refractivity contribution in [3.05, 3.63) is 35.8 Å². The highest BCUT2D eigenvalue weighted by Crippen LogP contribution is 2.34. The van der Waals surface area contributed by atoms with Crippen molar-refractivity contribution in [1.29, 1.82) is 0 Å². The van der Waals surface area contributed by atoms with Crippen LogP contribution in [-0.2, 0) is 22.5 Å². The van der Waals surface area contributed by atoms with Crippen LogP contribution in [0.3, 0.4) is 0 Å². The third-order valence-electron chi connectivity index (χ3n) is 5.16. The van der Waals surface area contributed by atoms with Gasteiger partial charge in [-0.25, -0.2) is 9.67 Å². The number of aromatic nitrogens is 6. The van der Waals surface area contributed by atoms with E-state index in [0.717, 1.165) is 22.4 Å². The van der Waals surface area contributed by atoms with Crippen molar-refractivity contribution >= 4 is 22.7 Å². The van der Waals surface area contributed by atoms with Crippen molar-refractivity contribution in [1.82, 2.24) is 30.1 Å². The lowest BCUT2D eigenvalue weighted by molar-refractivity contribution is -0.147. The number of hydrogen-bond donors (Lipinski definition) is 1. The summed E-state index contributed by atoms with van der Waals surface area (Å²) in [5.41, 5.74) is 2.93. The lowest BCUT2D eigenvalue weighted by atomic mass is 10.1. The molecule has 0 spiro atoms. The highest BCUT2D eigenvalue weighted by Gasteiger charge is 2.25. The fraction of sp³-hybridized carbons (Fsp3) is 0.400. The van der Waals surface area contributed by atoms with Crippen LogP contribution in [0.1, 0.15) is 37.1 Å². The average molecular weight is 423 g/mol. The number of nitrogens with zero attached hydrogens (tertiary/aromatic N) is 6. The quantitative estimate of drug-likeness (QED) is 0.461. The van der Waals surface area contributed by atoms with Gasteiger partial charge in [0.2, 0.25) is 5.89 Å². The van der Waals surface area contributed by atoms with Gasteiger partial charge < -0.3 is 19.0 Å². The molecule has 4 aromatic rings. The lowest BCUT2D eigenvalue weighted by Gasteiger charge is -2.24. The number of aryl methyl sites for hydroxylation is 2. The largest absolute Gasteiger partial charge is 0.466 e. The minimum atomic E-state index is -0.220. The number of carbonyl (C=O) groups excluding carboxylic acids is 1. The minimum Gasteiger partial charge on any atom is -0.466 e. The zero-order valence-electron chi connectivity index (χ0n) is 17.2. The zero-order chi connectivity index (χ0) is 21.4. The molecule has 160 valence electrons. The number of ether oxygens (including phenoxy) is 1. The predicted octanol–water partition coefficient (Wildman–Crippen LogP) is 2.51. The van der Waals surface area contributed by atoms with E-state index in [0.29, 0.717) is 49.1 Å². The van der Waals surface area contributed by atoms with E-state index in [9.17, 15) is 4.79 Å². The van der Waals surface area contributed by atoms with Crippen LogP contribution in [0.5, 0.6) is 0 Å². The van der Waals surface area contributed by atoms with Gasteiger partial charge in [0.05, 0.1) is 48.0 Å². The summed E-state index contributed by atoms with van der Waals surface area (Å²) >= 11 is 0. The number of pyridine rings is 1. The molecule has 5 rings (SSSR count). The Hall–Kier alpha value is -3.76. The van der Waals surface area contributed by atoms with Crippen LogP contribution in [-0.4, -0.2) is 48.7 Å². The second-order valence-electron chi connectivity index (χ2n) is 7.41. The third kappa shape index (κ3) is 3.74. The second kappa shape index (κ2) is 7.82. The maximum absolute atomic E-state index is 11.8. The molecule has 1 N–H and O–H groups in total. The van der Waals surface area contributed by atoms with Crippen molar-refractivity contribution in [2.75, 3.05) is 11.9 Å². The first-order chi connectivity index (χ1) is 15.1.